The van der Waals surface area contributed by atoms with Gasteiger partial charge < -0.3 is 10.6 Å². The number of aryl methyl sites for hydroxylation is 3. The normalized spacial score (nSPS) is 10.6. The van der Waals surface area contributed by atoms with Crippen molar-refractivity contribution in [2.75, 3.05) is 5.32 Å². The zero-order chi connectivity index (χ0) is 17.1. The first-order valence-electron chi connectivity index (χ1n) is 7.34. The molecule has 124 valence electrons. The zero-order valence-electron chi connectivity index (χ0n) is 13.6. The number of carbonyl (C=O) groups is 1. The van der Waals surface area contributed by atoms with Crippen LogP contribution in [-0.4, -0.2) is 31.2 Å². The first kappa shape index (κ1) is 16.1. The Balaban J connectivity index is 1.61. The quantitative estimate of drug-likeness (QED) is 0.758. The maximum atomic E-state index is 12.0. The molecule has 0 atom stereocenters. The second kappa shape index (κ2) is 6.75. The highest BCUT2D eigenvalue weighted by Crippen LogP contribution is 2.18. The molecule has 0 aliphatic carbocycles. The third-order valence-electron chi connectivity index (χ3n) is 3.52. The van der Waals surface area contributed by atoms with Crippen LogP contribution in [-0.2, 0) is 6.54 Å². The van der Waals surface area contributed by atoms with E-state index < -0.39 is 0 Å². The average Bonchev–Trinajstić information content (AvgIpc) is 3.16. The number of thiazole rings is 1. The first-order chi connectivity index (χ1) is 11.5. The van der Waals surface area contributed by atoms with Crippen LogP contribution < -0.4 is 10.6 Å². The fourth-order valence-electron chi connectivity index (χ4n) is 2.21. The summed E-state index contributed by atoms with van der Waals surface area (Å²) in [6, 6.07) is 5.26. The minimum absolute atomic E-state index is 0.268. The van der Waals surface area contributed by atoms with E-state index in [1.807, 2.05) is 32.9 Å². The fourth-order valence-corrected chi connectivity index (χ4v) is 3.08. The van der Waals surface area contributed by atoms with Gasteiger partial charge in [-0.2, -0.15) is 0 Å². The van der Waals surface area contributed by atoms with Crippen LogP contribution in [0.3, 0.4) is 0 Å². The lowest BCUT2D eigenvalue weighted by atomic mass is 10.2. The predicted molar refractivity (Wildman–Crippen MR) is 91.3 cm³/mol. The molecule has 0 saturated heterocycles. The summed E-state index contributed by atoms with van der Waals surface area (Å²) >= 11 is 1.59. The van der Waals surface area contributed by atoms with Gasteiger partial charge in [0.25, 0.3) is 0 Å². The van der Waals surface area contributed by atoms with Crippen LogP contribution in [0.4, 0.5) is 10.5 Å². The Morgan fingerprint density at radius 1 is 1.29 bits per heavy atom. The van der Waals surface area contributed by atoms with Crippen molar-refractivity contribution in [3.63, 3.8) is 0 Å². The zero-order valence-corrected chi connectivity index (χ0v) is 14.4. The van der Waals surface area contributed by atoms with Crippen molar-refractivity contribution in [3.05, 3.63) is 45.7 Å². The Morgan fingerprint density at radius 3 is 2.75 bits per heavy atom. The highest BCUT2D eigenvalue weighted by molar-refractivity contribution is 7.11. The summed E-state index contributed by atoms with van der Waals surface area (Å²) in [5.41, 5.74) is 3.52. The van der Waals surface area contributed by atoms with E-state index in [4.69, 9.17) is 0 Å². The van der Waals surface area contributed by atoms with Gasteiger partial charge in [-0.05, 0) is 55.0 Å². The third kappa shape index (κ3) is 3.57. The fraction of sp³-hybridized carbons (Fsp3) is 0.267. The number of hydrogen-bond acceptors (Lipinski definition) is 6. The van der Waals surface area contributed by atoms with Crippen molar-refractivity contribution >= 4 is 23.1 Å². The lowest BCUT2D eigenvalue weighted by Gasteiger charge is -2.09. The molecule has 0 fully saturated rings. The number of rotatable bonds is 4. The number of anilines is 1. The molecule has 0 aliphatic rings. The molecule has 0 bridgehead atoms. The lowest BCUT2D eigenvalue weighted by molar-refractivity contribution is 0.251. The smallest absolute Gasteiger partial charge is 0.319 e. The van der Waals surface area contributed by atoms with Gasteiger partial charge in [-0.15, -0.1) is 16.4 Å². The number of benzene rings is 1. The van der Waals surface area contributed by atoms with E-state index >= 15 is 0 Å². The van der Waals surface area contributed by atoms with Crippen molar-refractivity contribution in [1.29, 1.82) is 0 Å². The molecule has 1 aromatic carbocycles. The van der Waals surface area contributed by atoms with E-state index in [0.29, 0.717) is 12.2 Å². The maximum Gasteiger partial charge on any atom is 0.319 e. The van der Waals surface area contributed by atoms with E-state index in [1.165, 1.54) is 11.2 Å². The van der Waals surface area contributed by atoms with Crippen molar-refractivity contribution < 1.29 is 4.79 Å². The number of tetrazole rings is 1. The van der Waals surface area contributed by atoms with Gasteiger partial charge in [0.2, 0.25) is 0 Å². The molecule has 24 heavy (non-hydrogen) atoms. The number of nitrogens with one attached hydrogen (secondary N) is 2. The van der Waals surface area contributed by atoms with Gasteiger partial charge in [-0.25, -0.2) is 14.5 Å². The van der Waals surface area contributed by atoms with Gasteiger partial charge in [-0.3, -0.25) is 0 Å². The Morgan fingerprint density at radius 2 is 2.12 bits per heavy atom. The number of carbonyl (C=O) groups excluding carboxylic acids is 1. The summed E-state index contributed by atoms with van der Waals surface area (Å²) in [7, 11) is 0. The summed E-state index contributed by atoms with van der Waals surface area (Å²) in [4.78, 5) is 17.6. The lowest BCUT2D eigenvalue weighted by Crippen LogP contribution is -2.28. The van der Waals surface area contributed by atoms with Gasteiger partial charge >= 0.3 is 6.03 Å². The Kier molecular flexibility index (Phi) is 4.52. The van der Waals surface area contributed by atoms with Gasteiger partial charge in [0, 0.05) is 10.6 Å². The standard InChI is InChI=1S/C15H17N7OS/c1-9-6-12(4-5-13(9)22-8-17-20-21-22)19-15(23)16-7-14-18-10(2)11(3)24-14/h4-6,8H,7H2,1-3H3,(H2,16,19,23). The number of amides is 2. The molecular weight excluding hydrogens is 326 g/mol. The molecule has 2 N–H and O–H groups in total. The molecule has 0 radical (unpaired) electrons. The Bertz CT molecular complexity index is 837. The van der Waals surface area contributed by atoms with Crippen LogP contribution in [0.1, 0.15) is 21.1 Å². The van der Waals surface area contributed by atoms with Gasteiger partial charge in [0.05, 0.1) is 17.9 Å². The molecule has 3 rings (SSSR count). The van der Waals surface area contributed by atoms with E-state index in [2.05, 4.69) is 31.1 Å². The monoisotopic (exact) mass is 343 g/mol. The second-order valence-corrected chi connectivity index (χ2v) is 6.60. The topological polar surface area (TPSA) is 97.6 Å². The highest BCUT2D eigenvalue weighted by atomic mass is 32.1. The average molecular weight is 343 g/mol. The number of aromatic nitrogens is 5. The summed E-state index contributed by atoms with van der Waals surface area (Å²) < 4.78 is 1.58. The van der Waals surface area contributed by atoms with Gasteiger partial charge in [0.1, 0.15) is 11.3 Å². The van der Waals surface area contributed by atoms with Crippen molar-refractivity contribution in [3.8, 4) is 5.69 Å². The molecule has 8 nitrogen and oxygen atoms in total. The van der Waals surface area contributed by atoms with E-state index in [1.54, 1.807) is 22.1 Å². The van der Waals surface area contributed by atoms with Crippen molar-refractivity contribution in [2.45, 2.75) is 27.3 Å². The van der Waals surface area contributed by atoms with Crippen molar-refractivity contribution in [1.82, 2.24) is 30.5 Å². The summed E-state index contributed by atoms with van der Waals surface area (Å²) in [6.45, 7) is 6.32. The molecule has 2 heterocycles. The molecule has 0 unspecified atom stereocenters. The van der Waals surface area contributed by atoms with E-state index in [0.717, 1.165) is 22.0 Å². The molecule has 2 amide bonds. The minimum atomic E-state index is -0.268. The third-order valence-corrected chi connectivity index (χ3v) is 4.60. The van der Waals surface area contributed by atoms with E-state index in [-0.39, 0.29) is 6.03 Å². The maximum absolute atomic E-state index is 12.0. The van der Waals surface area contributed by atoms with Crippen molar-refractivity contribution in [2.24, 2.45) is 0 Å². The second-order valence-electron chi connectivity index (χ2n) is 5.31. The Hall–Kier alpha value is -2.81. The highest BCUT2D eigenvalue weighted by Gasteiger charge is 2.08. The SMILES string of the molecule is Cc1cc(NC(=O)NCc2nc(C)c(C)s2)ccc1-n1cnnn1. The van der Waals surface area contributed by atoms with Crippen LogP contribution in [0.5, 0.6) is 0 Å². The van der Waals surface area contributed by atoms with Crippen LogP contribution in [0.15, 0.2) is 24.5 Å². The molecule has 9 heteroatoms. The van der Waals surface area contributed by atoms with Gasteiger partial charge in [0.15, 0.2) is 0 Å². The van der Waals surface area contributed by atoms with Crippen LogP contribution in [0.2, 0.25) is 0 Å². The Labute approximate surface area is 142 Å². The van der Waals surface area contributed by atoms with Crippen LogP contribution in [0, 0.1) is 20.8 Å². The molecule has 0 aliphatic heterocycles. The molecule has 0 spiro atoms. The molecular formula is C15H17N7OS. The summed E-state index contributed by atoms with van der Waals surface area (Å²) in [5, 5.41) is 17.6. The summed E-state index contributed by atoms with van der Waals surface area (Å²) in [5.74, 6) is 0. The van der Waals surface area contributed by atoms with E-state index in [9.17, 15) is 4.79 Å². The molecule has 2 aromatic heterocycles. The van der Waals surface area contributed by atoms with Crippen LogP contribution in [0.25, 0.3) is 5.69 Å². The first-order valence-corrected chi connectivity index (χ1v) is 8.16. The summed E-state index contributed by atoms with van der Waals surface area (Å²) in [6.07, 6.45) is 1.53. The number of hydrogen-bond donors (Lipinski definition) is 2. The predicted octanol–water partition coefficient (Wildman–Crippen LogP) is 2.37. The molecule has 3 aromatic rings. The van der Waals surface area contributed by atoms with Gasteiger partial charge in [-0.1, -0.05) is 0 Å². The largest absolute Gasteiger partial charge is 0.331 e. The number of urea groups is 1. The molecule has 0 saturated carbocycles. The number of nitrogens with zero attached hydrogens (tertiary/aromatic N) is 5. The van der Waals surface area contributed by atoms with Crippen LogP contribution >= 0.6 is 11.3 Å². The minimum Gasteiger partial charge on any atom is -0.331 e.